The summed E-state index contributed by atoms with van der Waals surface area (Å²) in [7, 11) is 0. The molecule has 0 saturated heterocycles. The fourth-order valence-corrected chi connectivity index (χ4v) is 4.67. The molecule has 146 valence electrons. The third-order valence-corrected chi connectivity index (χ3v) is 6.13. The molecule has 2 aliphatic rings. The van der Waals surface area contributed by atoms with Gasteiger partial charge in [-0.15, -0.1) is 0 Å². The van der Waals surface area contributed by atoms with Crippen LogP contribution in [-0.2, 0) is 20.7 Å². The van der Waals surface area contributed by atoms with E-state index in [0.717, 1.165) is 31.3 Å². The fraction of sp³-hybridized carbons (Fsp3) is 0.565. The lowest BCUT2D eigenvalue weighted by Crippen LogP contribution is -2.35. The first-order valence-electron chi connectivity index (χ1n) is 10.2. The second kappa shape index (κ2) is 9.32. The highest BCUT2D eigenvalue weighted by atomic mass is 16.5. The van der Waals surface area contributed by atoms with Crippen LogP contribution in [0.2, 0.25) is 0 Å². The fourth-order valence-electron chi connectivity index (χ4n) is 4.67. The Bertz CT molecular complexity index is 692. The molecule has 0 bridgehead atoms. The summed E-state index contributed by atoms with van der Waals surface area (Å²) in [5.74, 6) is 0.286. The maximum absolute atomic E-state index is 12.2. The Balaban J connectivity index is 1.62. The molecule has 3 rings (SSSR count). The van der Waals surface area contributed by atoms with E-state index in [1.54, 1.807) is 0 Å². The number of carboxylic acids is 1. The quantitative estimate of drug-likeness (QED) is 0.647. The summed E-state index contributed by atoms with van der Waals surface area (Å²) in [6, 6.07) is 10.5. The first kappa shape index (κ1) is 19.8. The van der Waals surface area contributed by atoms with E-state index in [-0.39, 0.29) is 12.5 Å². The summed E-state index contributed by atoms with van der Waals surface area (Å²) in [5, 5.41) is 8.82. The van der Waals surface area contributed by atoms with Crippen LogP contribution in [-0.4, -0.2) is 29.6 Å². The van der Waals surface area contributed by atoms with Gasteiger partial charge >= 0.3 is 5.97 Å². The van der Waals surface area contributed by atoms with Crippen LogP contribution in [0.15, 0.2) is 41.5 Å². The smallest absolute Gasteiger partial charge is 0.303 e. The zero-order valence-electron chi connectivity index (χ0n) is 16.2. The molecular weight excluding hydrogens is 340 g/mol. The number of carbonyl (C=O) groups is 2. The van der Waals surface area contributed by atoms with Gasteiger partial charge in [0.05, 0.1) is 6.10 Å². The van der Waals surface area contributed by atoms with Gasteiger partial charge in [-0.3, -0.25) is 9.59 Å². The van der Waals surface area contributed by atoms with E-state index in [0.29, 0.717) is 43.5 Å². The van der Waals surface area contributed by atoms with E-state index in [4.69, 9.17) is 9.84 Å². The summed E-state index contributed by atoms with van der Waals surface area (Å²) < 4.78 is 6.13. The lowest BCUT2D eigenvalue weighted by molar-refractivity contribution is -0.137. The van der Waals surface area contributed by atoms with E-state index in [1.165, 1.54) is 11.1 Å². The van der Waals surface area contributed by atoms with Crippen molar-refractivity contribution in [3.8, 4) is 0 Å². The van der Waals surface area contributed by atoms with Crippen molar-refractivity contribution in [1.29, 1.82) is 0 Å². The van der Waals surface area contributed by atoms with Gasteiger partial charge in [0.25, 0.3) is 0 Å². The lowest BCUT2D eigenvalue weighted by Gasteiger charge is -2.37. The number of aliphatic carboxylic acids is 1. The van der Waals surface area contributed by atoms with Crippen molar-refractivity contribution < 1.29 is 19.4 Å². The number of hydrogen-bond donors (Lipinski definition) is 1. The number of benzene rings is 1. The van der Waals surface area contributed by atoms with Crippen molar-refractivity contribution >= 4 is 11.8 Å². The normalized spacial score (nSPS) is 24.9. The molecule has 3 atom stereocenters. The molecule has 0 amide bonds. The lowest BCUT2D eigenvalue weighted by atomic mass is 9.72. The van der Waals surface area contributed by atoms with Gasteiger partial charge in [-0.05, 0) is 55.1 Å². The van der Waals surface area contributed by atoms with Crippen LogP contribution in [0.1, 0.15) is 57.4 Å². The zero-order valence-corrected chi connectivity index (χ0v) is 16.2. The summed E-state index contributed by atoms with van der Waals surface area (Å²) in [6.45, 7) is 2.70. The molecule has 27 heavy (non-hydrogen) atoms. The highest BCUT2D eigenvalue weighted by Crippen LogP contribution is 2.44. The predicted molar refractivity (Wildman–Crippen MR) is 105 cm³/mol. The standard InChI is InChI=1S/C23H30O4/c1-16-18-12-13-21(24)20(18)15-22(27-14-6-11-23(25)26)19(16)10-5-9-17-7-3-2-4-8-17/h2-4,7-8,16,19,22H,5-6,9-15H2,1H3,(H,25,26). The van der Waals surface area contributed by atoms with Crippen LogP contribution in [0, 0.1) is 11.8 Å². The van der Waals surface area contributed by atoms with Crippen molar-refractivity contribution in [2.75, 3.05) is 6.61 Å². The number of ketones is 1. The van der Waals surface area contributed by atoms with Crippen LogP contribution in [0.4, 0.5) is 0 Å². The van der Waals surface area contributed by atoms with Crippen molar-refractivity contribution in [2.45, 2.75) is 64.4 Å². The maximum atomic E-state index is 12.2. The number of ether oxygens (including phenoxy) is 1. The summed E-state index contributed by atoms with van der Waals surface area (Å²) >= 11 is 0. The molecule has 2 aliphatic carbocycles. The first-order valence-corrected chi connectivity index (χ1v) is 10.2. The molecule has 0 saturated carbocycles. The second-order valence-electron chi connectivity index (χ2n) is 7.87. The number of Topliss-reactive ketones (excluding diaryl/α,β-unsaturated/α-hetero) is 1. The average Bonchev–Trinajstić information content (AvgIpc) is 3.03. The van der Waals surface area contributed by atoms with Gasteiger partial charge in [-0.2, -0.15) is 0 Å². The van der Waals surface area contributed by atoms with Crippen LogP contribution in [0.25, 0.3) is 0 Å². The molecule has 1 aromatic rings. The number of rotatable bonds is 9. The molecule has 0 fully saturated rings. The monoisotopic (exact) mass is 370 g/mol. The molecule has 0 aromatic heterocycles. The number of hydrogen-bond acceptors (Lipinski definition) is 3. The van der Waals surface area contributed by atoms with Gasteiger partial charge in [-0.25, -0.2) is 0 Å². The van der Waals surface area contributed by atoms with E-state index < -0.39 is 5.97 Å². The largest absolute Gasteiger partial charge is 0.481 e. The Morgan fingerprint density at radius 3 is 2.70 bits per heavy atom. The topological polar surface area (TPSA) is 63.6 Å². The maximum Gasteiger partial charge on any atom is 0.303 e. The minimum Gasteiger partial charge on any atom is -0.481 e. The first-order chi connectivity index (χ1) is 13.1. The van der Waals surface area contributed by atoms with Crippen LogP contribution in [0.3, 0.4) is 0 Å². The van der Waals surface area contributed by atoms with Crippen molar-refractivity contribution in [3.05, 3.63) is 47.0 Å². The Kier molecular flexibility index (Phi) is 6.84. The van der Waals surface area contributed by atoms with E-state index >= 15 is 0 Å². The van der Waals surface area contributed by atoms with E-state index in [9.17, 15) is 9.59 Å². The Labute approximate surface area is 161 Å². The van der Waals surface area contributed by atoms with Crippen molar-refractivity contribution in [3.63, 3.8) is 0 Å². The molecule has 1 aromatic carbocycles. The van der Waals surface area contributed by atoms with Gasteiger partial charge in [0, 0.05) is 25.9 Å². The van der Waals surface area contributed by atoms with Gasteiger partial charge in [0.2, 0.25) is 0 Å². The second-order valence-corrected chi connectivity index (χ2v) is 7.87. The summed E-state index contributed by atoms with van der Waals surface area (Å²) in [5.41, 5.74) is 3.72. The van der Waals surface area contributed by atoms with Crippen LogP contribution in [0.5, 0.6) is 0 Å². The minimum atomic E-state index is -0.786. The predicted octanol–water partition coefficient (Wildman–Crippen LogP) is 4.57. The Hall–Kier alpha value is -1.94. The number of allylic oxidation sites excluding steroid dienone is 1. The molecule has 0 spiro atoms. The molecular formula is C23H30O4. The van der Waals surface area contributed by atoms with Gasteiger partial charge in [0.1, 0.15) is 0 Å². The summed E-state index contributed by atoms with van der Waals surface area (Å²) in [4.78, 5) is 23.0. The van der Waals surface area contributed by atoms with E-state index in [2.05, 4.69) is 31.2 Å². The highest BCUT2D eigenvalue weighted by Gasteiger charge is 2.40. The molecule has 1 N–H and O–H groups in total. The van der Waals surface area contributed by atoms with E-state index in [1.807, 2.05) is 6.07 Å². The molecule has 4 heteroatoms. The minimum absolute atomic E-state index is 0.0327. The van der Waals surface area contributed by atoms with Crippen molar-refractivity contribution in [2.24, 2.45) is 11.8 Å². The third-order valence-electron chi connectivity index (χ3n) is 6.13. The Morgan fingerprint density at radius 1 is 1.19 bits per heavy atom. The van der Waals surface area contributed by atoms with Crippen LogP contribution < -0.4 is 0 Å². The summed E-state index contributed by atoms with van der Waals surface area (Å²) in [6.07, 6.45) is 6.20. The third kappa shape index (κ3) is 5.07. The molecule has 0 heterocycles. The Morgan fingerprint density at radius 2 is 1.96 bits per heavy atom. The number of aryl methyl sites for hydroxylation is 1. The van der Waals surface area contributed by atoms with Gasteiger partial charge in [0.15, 0.2) is 5.78 Å². The van der Waals surface area contributed by atoms with Crippen LogP contribution >= 0.6 is 0 Å². The molecule has 4 nitrogen and oxygen atoms in total. The molecule has 0 aliphatic heterocycles. The van der Waals surface area contributed by atoms with Crippen molar-refractivity contribution in [1.82, 2.24) is 0 Å². The molecule has 0 radical (unpaired) electrons. The highest BCUT2D eigenvalue weighted by molar-refractivity contribution is 5.99. The molecule has 3 unspecified atom stereocenters. The zero-order chi connectivity index (χ0) is 19.2. The number of carbonyl (C=O) groups excluding carboxylic acids is 1. The SMILES string of the molecule is CC1C2=C(CC(OCCCC(=O)O)C1CCCc1ccccc1)C(=O)CC2. The van der Waals surface area contributed by atoms with Gasteiger partial charge < -0.3 is 9.84 Å². The number of carboxylic acid groups (broad SMARTS) is 1. The van der Waals surface area contributed by atoms with Gasteiger partial charge in [-0.1, -0.05) is 42.8 Å². The average molecular weight is 370 g/mol.